The number of nitrogens with zero attached hydrogens (tertiary/aromatic N) is 3. The minimum absolute atomic E-state index is 0.298. The number of hydrogen-bond acceptors (Lipinski definition) is 5. The SMILES string of the molecule is COCc1ccccc1CNc1nccnc1C#N. The molecule has 5 nitrogen and oxygen atoms in total. The van der Waals surface area contributed by atoms with Gasteiger partial charge in [-0.1, -0.05) is 24.3 Å². The molecule has 0 atom stereocenters. The van der Waals surface area contributed by atoms with Crippen LogP contribution in [0.4, 0.5) is 5.82 Å². The number of hydrogen-bond donors (Lipinski definition) is 1. The van der Waals surface area contributed by atoms with Gasteiger partial charge in [-0.05, 0) is 11.1 Å². The number of benzene rings is 1. The van der Waals surface area contributed by atoms with Gasteiger partial charge in [0.2, 0.25) is 0 Å². The van der Waals surface area contributed by atoms with Gasteiger partial charge in [-0.2, -0.15) is 5.26 Å². The van der Waals surface area contributed by atoms with Crippen molar-refractivity contribution in [2.24, 2.45) is 0 Å². The smallest absolute Gasteiger partial charge is 0.182 e. The third-order valence-corrected chi connectivity index (χ3v) is 2.67. The highest BCUT2D eigenvalue weighted by molar-refractivity contribution is 5.47. The Morgan fingerprint density at radius 1 is 1.21 bits per heavy atom. The average molecular weight is 254 g/mol. The van der Waals surface area contributed by atoms with E-state index in [1.54, 1.807) is 13.3 Å². The van der Waals surface area contributed by atoms with Crippen LogP contribution < -0.4 is 5.32 Å². The van der Waals surface area contributed by atoms with Gasteiger partial charge in [0.05, 0.1) is 6.61 Å². The van der Waals surface area contributed by atoms with Gasteiger partial charge in [-0.15, -0.1) is 0 Å². The van der Waals surface area contributed by atoms with E-state index in [0.29, 0.717) is 24.7 Å². The van der Waals surface area contributed by atoms with Crippen LogP contribution in [0.5, 0.6) is 0 Å². The Labute approximate surface area is 111 Å². The van der Waals surface area contributed by atoms with E-state index in [1.807, 2.05) is 30.3 Å². The predicted octanol–water partition coefficient (Wildman–Crippen LogP) is 2.11. The highest BCUT2D eigenvalue weighted by atomic mass is 16.5. The van der Waals surface area contributed by atoms with E-state index in [0.717, 1.165) is 11.1 Å². The summed E-state index contributed by atoms with van der Waals surface area (Å²) in [6.45, 7) is 1.14. The fourth-order valence-corrected chi connectivity index (χ4v) is 1.75. The van der Waals surface area contributed by atoms with Gasteiger partial charge in [0.25, 0.3) is 0 Å². The van der Waals surface area contributed by atoms with Crippen LogP contribution in [0.25, 0.3) is 0 Å². The van der Waals surface area contributed by atoms with E-state index >= 15 is 0 Å². The second kappa shape index (κ2) is 6.47. The molecule has 0 amide bonds. The molecule has 1 heterocycles. The monoisotopic (exact) mass is 254 g/mol. The first kappa shape index (κ1) is 13.0. The largest absolute Gasteiger partial charge is 0.380 e. The summed E-state index contributed by atoms with van der Waals surface area (Å²) in [6.07, 6.45) is 3.06. The van der Waals surface area contributed by atoms with Crippen molar-refractivity contribution in [1.29, 1.82) is 5.26 Å². The van der Waals surface area contributed by atoms with E-state index in [4.69, 9.17) is 10.00 Å². The maximum Gasteiger partial charge on any atom is 0.182 e. The quantitative estimate of drug-likeness (QED) is 0.884. The molecule has 2 rings (SSSR count). The first-order valence-corrected chi connectivity index (χ1v) is 5.86. The molecule has 0 unspecified atom stereocenters. The van der Waals surface area contributed by atoms with Crippen LogP contribution in [0.3, 0.4) is 0 Å². The molecule has 0 aliphatic rings. The number of rotatable bonds is 5. The number of ether oxygens (including phenoxy) is 1. The lowest BCUT2D eigenvalue weighted by molar-refractivity contribution is 0.184. The first-order chi connectivity index (χ1) is 9.35. The summed E-state index contributed by atoms with van der Waals surface area (Å²) in [7, 11) is 1.67. The maximum absolute atomic E-state index is 8.94. The van der Waals surface area contributed by atoms with E-state index < -0.39 is 0 Å². The fourth-order valence-electron chi connectivity index (χ4n) is 1.75. The van der Waals surface area contributed by atoms with E-state index in [-0.39, 0.29) is 0 Å². The molecule has 0 bridgehead atoms. The predicted molar refractivity (Wildman–Crippen MR) is 71.2 cm³/mol. The highest BCUT2D eigenvalue weighted by Gasteiger charge is 2.05. The molecule has 0 fully saturated rings. The van der Waals surface area contributed by atoms with Gasteiger partial charge < -0.3 is 10.1 Å². The molecular formula is C14H14N4O. The summed E-state index contributed by atoms with van der Waals surface area (Å²) >= 11 is 0. The molecule has 0 saturated carbocycles. The summed E-state index contributed by atoms with van der Waals surface area (Å²) in [5, 5.41) is 12.1. The molecule has 96 valence electrons. The van der Waals surface area contributed by atoms with Crippen LogP contribution in [-0.2, 0) is 17.9 Å². The lowest BCUT2D eigenvalue weighted by Gasteiger charge is -2.10. The summed E-state index contributed by atoms with van der Waals surface area (Å²) < 4.78 is 5.16. The van der Waals surface area contributed by atoms with Crippen molar-refractivity contribution in [2.75, 3.05) is 12.4 Å². The van der Waals surface area contributed by atoms with Gasteiger partial charge in [-0.3, -0.25) is 0 Å². The van der Waals surface area contributed by atoms with E-state index in [2.05, 4.69) is 15.3 Å². The number of anilines is 1. The van der Waals surface area contributed by atoms with Crippen molar-refractivity contribution in [1.82, 2.24) is 9.97 Å². The Hall–Kier alpha value is -2.45. The van der Waals surface area contributed by atoms with Gasteiger partial charge >= 0.3 is 0 Å². The number of methoxy groups -OCH3 is 1. The Balaban J connectivity index is 2.13. The van der Waals surface area contributed by atoms with Crippen molar-refractivity contribution >= 4 is 5.82 Å². The van der Waals surface area contributed by atoms with Crippen molar-refractivity contribution in [2.45, 2.75) is 13.2 Å². The summed E-state index contributed by atoms with van der Waals surface area (Å²) in [6, 6.07) is 9.99. The van der Waals surface area contributed by atoms with Gasteiger partial charge in [0, 0.05) is 26.0 Å². The normalized spacial score (nSPS) is 9.89. The molecule has 2 aromatic rings. The fraction of sp³-hybridized carbons (Fsp3) is 0.214. The van der Waals surface area contributed by atoms with E-state index in [1.165, 1.54) is 6.20 Å². The van der Waals surface area contributed by atoms with Gasteiger partial charge in [0.15, 0.2) is 11.5 Å². The molecule has 1 aromatic heterocycles. The third kappa shape index (κ3) is 3.27. The standard InChI is InChI=1S/C14H14N4O/c1-19-10-12-5-3-2-4-11(12)9-18-14-13(8-15)16-6-7-17-14/h2-7H,9-10H2,1H3,(H,17,18). The van der Waals surface area contributed by atoms with Crippen molar-refractivity contribution in [3.05, 3.63) is 53.5 Å². The molecule has 19 heavy (non-hydrogen) atoms. The molecule has 1 aromatic carbocycles. The van der Waals surface area contributed by atoms with Crippen molar-refractivity contribution < 1.29 is 4.74 Å². The minimum Gasteiger partial charge on any atom is -0.380 e. The molecule has 0 spiro atoms. The molecule has 5 heteroatoms. The van der Waals surface area contributed by atoms with Crippen LogP contribution in [0.15, 0.2) is 36.7 Å². The Bertz CT molecular complexity index is 592. The number of nitriles is 1. The van der Waals surface area contributed by atoms with Crippen molar-refractivity contribution in [3.63, 3.8) is 0 Å². The van der Waals surface area contributed by atoms with Crippen LogP contribution in [0.1, 0.15) is 16.8 Å². The van der Waals surface area contributed by atoms with Crippen LogP contribution in [0, 0.1) is 11.3 Å². The highest BCUT2D eigenvalue weighted by Crippen LogP contribution is 2.13. The second-order valence-electron chi connectivity index (χ2n) is 3.92. The summed E-state index contributed by atoms with van der Waals surface area (Å²) in [5.41, 5.74) is 2.52. The summed E-state index contributed by atoms with van der Waals surface area (Å²) in [5.74, 6) is 0.497. The first-order valence-electron chi connectivity index (χ1n) is 5.86. The number of nitrogens with one attached hydrogen (secondary N) is 1. The summed E-state index contributed by atoms with van der Waals surface area (Å²) in [4.78, 5) is 8.07. The van der Waals surface area contributed by atoms with Crippen LogP contribution in [-0.4, -0.2) is 17.1 Å². The molecule has 0 radical (unpaired) electrons. The zero-order valence-corrected chi connectivity index (χ0v) is 10.6. The zero-order valence-electron chi connectivity index (χ0n) is 10.6. The van der Waals surface area contributed by atoms with Gasteiger partial charge in [0.1, 0.15) is 6.07 Å². The Morgan fingerprint density at radius 3 is 2.68 bits per heavy atom. The molecular weight excluding hydrogens is 240 g/mol. The second-order valence-corrected chi connectivity index (χ2v) is 3.92. The average Bonchev–Trinajstić information content (AvgIpc) is 2.47. The topological polar surface area (TPSA) is 70.8 Å². The lowest BCUT2D eigenvalue weighted by atomic mass is 10.1. The molecule has 0 saturated heterocycles. The zero-order chi connectivity index (χ0) is 13.5. The van der Waals surface area contributed by atoms with Crippen LogP contribution >= 0.6 is 0 Å². The van der Waals surface area contributed by atoms with Crippen LogP contribution in [0.2, 0.25) is 0 Å². The number of aromatic nitrogens is 2. The minimum atomic E-state index is 0.298. The van der Waals surface area contributed by atoms with Crippen molar-refractivity contribution in [3.8, 4) is 6.07 Å². The lowest BCUT2D eigenvalue weighted by Crippen LogP contribution is -2.06. The Kier molecular flexibility index (Phi) is 4.43. The Morgan fingerprint density at radius 2 is 1.95 bits per heavy atom. The molecule has 0 aliphatic heterocycles. The van der Waals surface area contributed by atoms with Gasteiger partial charge in [-0.25, -0.2) is 9.97 Å². The third-order valence-electron chi connectivity index (χ3n) is 2.67. The maximum atomic E-state index is 8.94. The molecule has 0 aliphatic carbocycles. The molecule has 1 N–H and O–H groups in total. The van der Waals surface area contributed by atoms with E-state index in [9.17, 15) is 0 Å².